The van der Waals surface area contributed by atoms with Crippen LogP contribution in [-0.4, -0.2) is 0 Å². The second-order valence-electron chi connectivity index (χ2n) is 3.46. The summed E-state index contributed by atoms with van der Waals surface area (Å²) in [5, 5.41) is 0.486. The summed E-state index contributed by atoms with van der Waals surface area (Å²) in [7, 11) is 0. The van der Waals surface area contributed by atoms with Crippen LogP contribution in [0.4, 0.5) is 0 Å². The second-order valence-corrected chi connectivity index (χ2v) is 8.43. The van der Waals surface area contributed by atoms with Crippen molar-refractivity contribution in [2.24, 2.45) is 0 Å². The number of hydrogen-bond donors (Lipinski definition) is 0. The molecule has 0 aliphatic carbocycles. The van der Waals surface area contributed by atoms with Crippen LogP contribution >= 0.6 is 81.2 Å². The average Bonchev–Trinajstić information content (AvgIpc) is 2.84. The van der Waals surface area contributed by atoms with Crippen molar-refractivity contribution in [3.8, 4) is 0 Å². The van der Waals surface area contributed by atoms with E-state index in [9.17, 15) is 0 Å². The Morgan fingerprint density at radius 3 is 1.60 bits per heavy atom. The van der Waals surface area contributed by atoms with Crippen molar-refractivity contribution in [3.63, 3.8) is 0 Å². The van der Waals surface area contributed by atoms with Gasteiger partial charge < -0.3 is 0 Å². The molecule has 0 spiro atoms. The molecule has 0 fully saturated rings. The van der Waals surface area contributed by atoms with Crippen LogP contribution in [0.1, 0.15) is 11.1 Å². The van der Waals surface area contributed by atoms with E-state index in [1.807, 2.05) is 12.1 Å². The molecule has 2 aromatic rings. The third-order valence-electron chi connectivity index (χ3n) is 2.06. The minimum absolute atomic E-state index is 0. The molecule has 8 heteroatoms. The Morgan fingerprint density at radius 1 is 0.800 bits per heavy atom. The van der Waals surface area contributed by atoms with Crippen LogP contribution < -0.4 is 0 Å². The van der Waals surface area contributed by atoms with Gasteiger partial charge >= 0.3 is 17.1 Å². The number of halogens is 7. The van der Waals surface area contributed by atoms with E-state index in [-0.39, 0.29) is 17.1 Å². The molecule has 0 radical (unpaired) electrons. The Morgan fingerprint density at radius 2 is 1.40 bits per heavy atom. The van der Waals surface area contributed by atoms with E-state index in [2.05, 4.69) is 0 Å². The zero-order valence-electron chi connectivity index (χ0n) is 9.54. The maximum absolute atomic E-state index is 5.67. The summed E-state index contributed by atoms with van der Waals surface area (Å²) in [6.45, 7) is 0. The molecular weight excluding hydrogens is 448 g/mol. The normalized spacial score (nSPS) is 11.3. The zero-order valence-corrected chi connectivity index (χ0v) is 15.9. The molecule has 0 N–H and O–H groups in total. The van der Waals surface area contributed by atoms with E-state index >= 15 is 0 Å². The summed E-state index contributed by atoms with van der Waals surface area (Å²) in [4.78, 5) is 0. The fraction of sp³-hybridized carbons (Fsp3) is 0.167. The topological polar surface area (TPSA) is 0 Å². The van der Waals surface area contributed by atoms with E-state index in [0.717, 1.165) is 0 Å². The molecule has 0 aliphatic heterocycles. The number of hydrogen-bond acceptors (Lipinski definition) is 0. The van der Waals surface area contributed by atoms with Crippen LogP contribution in [0.15, 0.2) is 42.5 Å². The van der Waals surface area contributed by atoms with Crippen LogP contribution in [0.5, 0.6) is 0 Å². The molecule has 0 saturated carbocycles. The smallest absolute Gasteiger partial charge is 0.213 e. The van der Waals surface area contributed by atoms with Crippen molar-refractivity contribution >= 4 is 81.2 Å². The first kappa shape index (κ1) is 21.2. The summed E-state index contributed by atoms with van der Waals surface area (Å²) in [5.74, 6) is 0. The Bertz CT molecular complexity index is 491. The molecule has 112 valence electrons. The molecule has 20 heavy (non-hydrogen) atoms. The molecule has 0 heterocycles. The van der Waals surface area contributed by atoms with Gasteiger partial charge in [0.15, 0.2) is 7.59 Å². The van der Waals surface area contributed by atoms with Gasteiger partial charge in [-0.2, -0.15) is 24.3 Å². The van der Waals surface area contributed by atoms with Crippen LogP contribution in [0.2, 0.25) is 5.02 Å². The summed E-state index contributed by atoms with van der Waals surface area (Å²) in [5.41, 5.74) is 1.24. The Labute approximate surface area is 163 Å². The minimum Gasteiger partial charge on any atom is -0.213 e. The molecule has 0 bridgehead atoms. The predicted molar refractivity (Wildman–Crippen MR) is 87.6 cm³/mol. The van der Waals surface area contributed by atoms with E-state index in [4.69, 9.17) is 81.2 Å². The van der Waals surface area contributed by atoms with Gasteiger partial charge in [-0.25, -0.2) is 18.2 Å². The molecular formula is C12H7Cl7Fe. The maximum atomic E-state index is 5.67. The number of rotatable bonds is 0. The Hall–Kier alpha value is 1.25. The van der Waals surface area contributed by atoms with E-state index in [1.54, 1.807) is 30.3 Å². The van der Waals surface area contributed by atoms with Gasteiger partial charge in [0.2, 0.25) is 0 Å². The minimum atomic E-state index is -1.40. The van der Waals surface area contributed by atoms with Crippen molar-refractivity contribution < 1.29 is 17.1 Å². The summed E-state index contributed by atoms with van der Waals surface area (Å²) < 4.78 is -2.66. The fourth-order valence-corrected chi connectivity index (χ4v) is 2.49. The fourth-order valence-electron chi connectivity index (χ4n) is 1.19. The summed E-state index contributed by atoms with van der Waals surface area (Å²) >= 11 is 38.9. The zero-order chi connectivity index (χ0) is 14.7. The second kappa shape index (κ2) is 8.77. The first-order chi connectivity index (χ1) is 8.62. The van der Waals surface area contributed by atoms with Crippen molar-refractivity contribution in [3.05, 3.63) is 58.6 Å². The standard InChI is InChI=1S/C6H3Cl4.C6H4Cl3.Fe/c7-5-3-1-2-4(5)6(8,9)10;7-6(8,9)5-3-1-2-4-5;/h1-3H;1-4H;/q2*-1;+2. The van der Waals surface area contributed by atoms with Crippen LogP contribution in [0.3, 0.4) is 0 Å². The molecule has 2 aromatic carbocycles. The molecule has 0 aromatic heterocycles. The van der Waals surface area contributed by atoms with Crippen molar-refractivity contribution in [2.45, 2.75) is 7.59 Å². The average molecular weight is 455 g/mol. The van der Waals surface area contributed by atoms with Gasteiger partial charge in [0.1, 0.15) is 0 Å². The molecule has 0 saturated heterocycles. The molecule has 0 atom stereocenters. The first-order valence-corrected chi connectivity index (χ1v) is 7.54. The molecule has 0 aliphatic rings. The van der Waals surface area contributed by atoms with E-state index < -0.39 is 7.59 Å². The van der Waals surface area contributed by atoms with Crippen molar-refractivity contribution in [2.75, 3.05) is 0 Å². The third kappa shape index (κ3) is 7.01. The van der Waals surface area contributed by atoms with Gasteiger partial charge in [-0.1, -0.05) is 74.6 Å². The summed E-state index contributed by atoms with van der Waals surface area (Å²) in [6, 6.07) is 12.3. The monoisotopic (exact) mass is 452 g/mol. The van der Waals surface area contributed by atoms with Crippen molar-refractivity contribution in [1.29, 1.82) is 0 Å². The number of alkyl halides is 6. The van der Waals surface area contributed by atoms with Gasteiger partial charge in [-0.05, 0) is 0 Å². The van der Waals surface area contributed by atoms with Crippen molar-refractivity contribution in [1.82, 2.24) is 0 Å². The largest absolute Gasteiger partial charge is 2.00 e. The maximum Gasteiger partial charge on any atom is 2.00 e. The predicted octanol–water partition coefficient (Wildman–Crippen LogP) is 7.12. The van der Waals surface area contributed by atoms with E-state index in [0.29, 0.717) is 16.1 Å². The van der Waals surface area contributed by atoms with Crippen LogP contribution in [0.25, 0.3) is 0 Å². The summed E-state index contributed by atoms with van der Waals surface area (Å²) in [6.07, 6.45) is 0. The quantitative estimate of drug-likeness (QED) is 0.226. The molecule has 0 unspecified atom stereocenters. The van der Waals surface area contributed by atoms with Gasteiger partial charge in [-0.15, -0.1) is 22.7 Å². The Kier molecular flexibility index (Phi) is 9.32. The molecule has 2 rings (SSSR count). The van der Waals surface area contributed by atoms with Crippen LogP contribution in [0, 0.1) is 0 Å². The molecule has 0 amide bonds. The Balaban J connectivity index is 0.000000345. The third-order valence-corrected chi connectivity index (χ3v) is 3.65. The SMILES string of the molecule is ClC(Cl)(Cl)c1ccc[cH-]1.Clc1[cH-]ccc1C(Cl)(Cl)Cl.[Fe+2]. The molecule has 0 nitrogen and oxygen atoms in total. The van der Waals surface area contributed by atoms with Gasteiger partial charge in [0.25, 0.3) is 0 Å². The van der Waals surface area contributed by atoms with Gasteiger partial charge in [-0.3, -0.25) is 0 Å². The van der Waals surface area contributed by atoms with Gasteiger partial charge in [0, 0.05) is 0 Å². The van der Waals surface area contributed by atoms with E-state index in [1.165, 1.54) is 0 Å². The van der Waals surface area contributed by atoms with Gasteiger partial charge in [0.05, 0.1) is 0 Å². The van der Waals surface area contributed by atoms with Crippen LogP contribution in [-0.2, 0) is 24.7 Å². The first-order valence-electron chi connectivity index (χ1n) is 4.89.